The Kier molecular flexibility index (Phi) is 10.6. The van der Waals surface area contributed by atoms with Gasteiger partial charge in [0, 0.05) is 0 Å². The fourth-order valence-corrected chi connectivity index (χ4v) is 3.75. The van der Waals surface area contributed by atoms with Crippen LogP contribution in [0.15, 0.2) is 84.9 Å². The molecule has 0 saturated heterocycles. The molecule has 0 fully saturated rings. The van der Waals surface area contributed by atoms with Crippen LogP contribution in [0, 0.1) is 5.92 Å². The van der Waals surface area contributed by atoms with Gasteiger partial charge in [-0.2, -0.15) is 0 Å². The lowest BCUT2D eigenvalue weighted by molar-refractivity contribution is -0.150. The first-order valence-corrected chi connectivity index (χ1v) is 12.6. The first kappa shape index (κ1) is 28.9. The number of primary amides is 1. The van der Waals surface area contributed by atoms with Gasteiger partial charge in [-0.15, -0.1) is 0 Å². The van der Waals surface area contributed by atoms with Crippen LogP contribution in [-0.4, -0.2) is 35.8 Å². The number of nitrogens with two attached hydrogens (primary N) is 1. The predicted molar refractivity (Wildman–Crippen MR) is 145 cm³/mol. The quantitative estimate of drug-likeness (QED) is 0.290. The van der Waals surface area contributed by atoms with Gasteiger partial charge >= 0.3 is 5.97 Å². The van der Waals surface area contributed by atoms with E-state index in [-0.39, 0.29) is 18.9 Å². The normalized spacial score (nSPS) is 12.2. The van der Waals surface area contributed by atoms with Crippen molar-refractivity contribution in [2.24, 2.45) is 11.7 Å². The minimum absolute atomic E-state index is 0.0489. The number of hydrogen-bond donors (Lipinski definition) is 3. The molecule has 0 aliphatic carbocycles. The van der Waals surface area contributed by atoms with Crippen LogP contribution in [0.3, 0.4) is 0 Å². The van der Waals surface area contributed by atoms with E-state index in [0.717, 1.165) is 5.56 Å². The molecular weight excluding hydrogens is 498 g/mol. The maximum Gasteiger partial charge on any atom is 0.329 e. The van der Waals surface area contributed by atoms with Gasteiger partial charge in [0.15, 0.2) is 0 Å². The second kappa shape index (κ2) is 14.3. The number of hydrogen-bond acceptors (Lipinski definition) is 6. The molecule has 0 spiro atoms. The van der Waals surface area contributed by atoms with Crippen LogP contribution in [0.4, 0.5) is 0 Å². The van der Waals surface area contributed by atoms with E-state index < -0.39 is 42.2 Å². The van der Waals surface area contributed by atoms with Gasteiger partial charge in [-0.25, -0.2) is 4.79 Å². The molecule has 4 N–H and O–H groups in total. The molecule has 0 saturated carbocycles. The highest BCUT2D eigenvalue weighted by atomic mass is 16.5. The molecule has 3 aromatic carbocycles. The molecule has 204 valence electrons. The minimum Gasteiger partial charge on any atom is -0.459 e. The highest BCUT2D eigenvalue weighted by Gasteiger charge is 2.30. The topological polar surface area (TPSA) is 137 Å². The van der Waals surface area contributed by atoms with Crippen molar-refractivity contribution < 1.29 is 28.7 Å². The maximum absolute atomic E-state index is 13.1. The molecule has 39 heavy (non-hydrogen) atoms. The number of nitrogens with one attached hydrogen (secondary N) is 2. The Hall–Kier alpha value is -4.66. The van der Waals surface area contributed by atoms with Crippen LogP contribution in [0.2, 0.25) is 0 Å². The van der Waals surface area contributed by atoms with Gasteiger partial charge < -0.3 is 25.8 Å². The highest BCUT2D eigenvalue weighted by molar-refractivity contribution is 5.94. The fourth-order valence-electron chi connectivity index (χ4n) is 3.75. The Morgan fingerprint density at radius 1 is 0.795 bits per heavy atom. The number of carbonyl (C=O) groups excluding carboxylic acids is 4. The molecule has 0 unspecified atom stereocenters. The van der Waals surface area contributed by atoms with Gasteiger partial charge in [-0.3, -0.25) is 14.4 Å². The summed E-state index contributed by atoms with van der Waals surface area (Å²) in [5, 5.41) is 5.17. The third-order valence-corrected chi connectivity index (χ3v) is 5.74. The summed E-state index contributed by atoms with van der Waals surface area (Å²) in [6, 6.07) is 23.1. The van der Waals surface area contributed by atoms with E-state index in [4.69, 9.17) is 15.2 Å². The molecule has 0 radical (unpaired) electrons. The first-order chi connectivity index (χ1) is 18.7. The lowest BCUT2D eigenvalue weighted by atomic mass is 10.0. The molecule has 0 aliphatic heterocycles. The van der Waals surface area contributed by atoms with E-state index in [1.807, 2.05) is 60.7 Å². The smallest absolute Gasteiger partial charge is 0.329 e. The number of esters is 1. The minimum atomic E-state index is -1.26. The lowest BCUT2D eigenvalue weighted by Gasteiger charge is -2.24. The Morgan fingerprint density at radius 2 is 1.41 bits per heavy atom. The van der Waals surface area contributed by atoms with Crippen molar-refractivity contribution in [3.8, 4) is 11.5 Å². The zero-order chi connectivity index (χ0) is 28.2. The summed E-state index contributed by atoms with van der Waals surface area (Å²) in [7, 11) is 0. The Balaban J connectivity index is 1.62. The number of rotatable bonds is 13. The van der Waals surface area contributed by atoms with Crippen LogP contribution in [-0.2, 0) is 36.9 Å². The van der Waals surface area contributed by atoms with E-state index in [1.165, 1.54) is 0 Å². The van der Waals surface area contributed by atoms with Crippen molar-refractivity contribution in [1.82, 2.24) is 10.6 Å². The van der Waals surface area contributed by atoms with Crippen LogP contribution >= 0.6 is 0 Å². The van der Waals surface area contributed by atoms with Crippen molar-refractivity contribution in [3.63, 3.8) is 0 Å². The lowest BCUT2D eigenvalue weighted by Crippen LogP contribution is -2.54. The second-order valence-corrected chi connectivity index (χ2v) is 9.35. The van der Waals surface area contributed by atoms with E-state index in [1.54, 1.807) is 38.1 Å². The van der Waals surface area contributed by atoms with Gasteiger partial charge in [0.1, 0.15) is 30.2 Å². The van der Waals surface area contributed by atoms with Crippen molar-refractivity contribution in [2.75, 3.05) is 0 Å². The largest absolute Gasteiger partial charge is 0.459 e. The zero-order valence-electron chi connectivity index (χ0n) is 22.0. The van der Waals surface area contributed by atoms with E-state index in [0.29, 0.717) is 17.1 Å². The summed E-state index contributed by atoms with van der Waals surface area (Å²) in [5.74, 6) is -1.72. The summed E-state index contributed by atoms with van der Waals surface area (Å²) in [5.41, 5.74) is 6.78. The number of ether oxygens (including phenoxy) is 2. The van der Waals surface area contributed by atoms with Crippen LogP contribution in [0.25, 0.3) is 0 Å². The molecule has 0 heterocycles. The third-order valence-electron chi connectivity index (χ3n) is 5.74. The summed E-state index contributed by atoms with van der Waals surface area (Å²) in [6.07, 6.45) is -0.500. The number of amides is 3. The highest BCUT2D eigenvalue weighted by Crippen LogP contribution is 2.22. The average Bonchev–Trinajstić information content (AvgIpc) is 2.90. The van der Waals surface area contributed by atoms with Gasteiger partial charge in [0.2, 0.25) is 17.7 Å². The van der Waals surface area contributed by atoms with Gasteiger partial charge in [-0.05, 0) is 41.3 Å². The van der Waals surface area contributed by atoms with E-state index >= 15 is 0 Å². The maximum atomic E-state index is 13.1. The molecule has 9 nitrogen and oxygen atoms in total. The number of benzene rings is 3. The average molecular weight is 532 g/mol. The molecule has 9 heteroatoms. The van der Waals surface area contributed by atoms with Crippen molar-refractivity contribution in [2.45, 2.75) is 45.4 Å². The molecular formula is C30H33N3O6. The molecule has 3 amide bonds. The molecule has 0 aromatic heterocycles. The van der Waals surface area contributed by atoms with E-state index in [2.05, 4.69) is 10.6 Å². The van der Waals surface area contributed by atoms with Crippen LogP contribution in [0.5, 0.6) is 11.5 Å². The monoisotopic (exact) mass is 531 g/mol. The summed E-state index contributed by atoms with van der Waals surface area (Å²) >= 11 is 0. The zero-order valence-corrected chi connectivity index (χ0v) is 22.0. The first-order valence-electron chi connectivity index (χ1n) is 12.6. The van der Waals surface area contributed by atoms with Gasteiger partial charge in [0.05, 0.1) is 12.8 Å². The Bertz CT molecular complexity index is 1260. The Labute approximate surface area is 227 Å². The van der Waals surface area contributed by atoms with Crippen LogP contribution in [0.1, 0.15) is 31.4 Å². The van der Waals surface area contributed by atoms with Crippen molar-refractivity contribution in [1.29, 1.82) is 0 Å². The number of para-hydroxylation sites is 1. The molecule has 0 aliphatic rings. The predicted octanol–water partition coefficient (Wildman–Crippen LogP) is 3.27. The SMILES string of the molecule is CC(C)[C@H](NC(=O)[C@H](CC(N)=O)NC(=O)Cc1cccc(Oc2ccccc2)c1)C(=O)OCc1ccccc1. The molecule has 0 bridgehead atoms. The Morgan fingerprint density at radius 3 is 2.05 bits per heavy atom. The second-order valence-electron chi connectivity index (χ2n) is 9.35. The molecule has 3 rings (SSSR count). The third kappa shape index (κ3) is 9.62. The summed E-state index contributed by atoms with van der Waals surface area (Å²) < 4.78 is 11.2. The van der Waals surface area contributed by atoms with E-state index in [9.17, 15) is 19.2 Å². The number of carbonyl (C=O) groups is 4. The fraction of sp³-hybridized carbons (Fsp3) is 0.267. The molecule has 3 aromatic rings. The summed E-state index contributed by atoms with van der Waals surface area (Å²) in [4.78, 5) is 50.3. The van der Waals surface area contributed by atoms with Crippen molar-refractivity contribution >= 4 is 23.7 Å². The van der Waals surface area contributed by atoms with Gasteiger partial charge in [-0.1, -0.05) is 74.5 Å². The van der Waals surface area contributed by atoms with Crippen LogP contribution < -0.4 is 21.1 Å². The summed E-state index contributed by atoms with van der Waals surface area (Å²) in [6.45, 7) is 3.55. The standard InChI is InChI=1S/C30H33N3O6/c1-20(2)28(30(37)38-19-21-10-5-3-6-11-21)33-29(36)25(18-26(31)34)32-27(35)17-22-12-9-15-24(16-22)39-23-13-7-4-8-14-23/h3-16,20,25,28H,17-19H2,1-2H3,(H2,31,34)(H,32,35)(H,33,36)/t25-,28-/m0/s1. The molecule has 2 atom stereocenters. The van der Waals surface area contributed by atoms with Gasteiger partial charge in [0.25, 0.3) is 0 Å². The van der Waals surface area contributed by atoms with Crippen molar-refractivity contribution in [3.05, 3.63) is 96.1 Å².